The molecule has 0 spiro atoms. The van der Waals surface area contributed by atoms with Gasteiger partial charge in [-0.05, 0) is 12.1 Å². The first kappa shape index (κ1) is 23.8. The van der Waals surface area contributed by atoms with Gasteiger partial charge in [-0.3, -0.25) is 14.5 Å². The summed E-state index contributed by atoms with van der Waals surface area (Å²) in [5.74, 6) is -2.38. The van der Waals surface area contributed by atoms with Gasteiger partial charge >= 0.3 is 41.6 Å². The quantitative estimate of drug-likeness (QED) is 0.166. The number of carbonyl (C=O) groups excluding carboxylic acids is 3. The number of fused-ring (bicyclic) bond motifs is 1. The van der Waals surface area contributed by atoms with Gasteiger partial charge in [0, 0.05) is 11.3 Å². The second kappa shape index (κ2) is 10.0. The number of amides is 3. The number of carboxylic acids is 1. The predicted octanol–water partition coefficient (Wildman–Crippen LogP) is -3.53. The molecule has 30 heavy (non-hydrogen) atoms. The fraction of sp³-hybridized carbons (Fsp3) is 0.312. The van der Waals surface area contributed by atoms with E-state index in [1.165, 1.54) is 31.2 Å². The molecule has 1 aromatic heterocycles. The molecule has 0 saturated carbocycles. The van der Waals surface area contributed by atoms with Gasteiger partial charge in [0.1, 0.15) is 30.8 Å². The van der Waals surface area contributed by atoms with Gasteiger partial charge in [0.05, 0.1) is 6.26 Å². The van der Waals surface area contributed by atoms with E-state index in [0.717, 1.165) is 4.90 Å². The van der Waals surface area contributed by atoms with Crippen LogP contribution in [0.5, 0.6) is 0 Å². The van der Waals surface area contributed by atoms with E-state index < -0.39 is 35.3 Å². The van der Waals surface area contributed by atoms with Crippen molar-refractivity contribution < 1.29 is 67.8 Å². The second-order valence-electron chi connectivity index (χ2n) is 5.83. The number of ether oxygens (including phenoxy) is 1. The number of aliphatic carboxylic acids is 1. The minimum absolute atomic E-state index is 0. The SMILES string of the molecule is CO/N=C(\C(=O)NC1C(=O)N2C(C(=O)O)=C(COC(N)=O)CSC12)c1ccco1.[Na+]. The van der Waals surface area contributed by atoms with E-state index in [1.807, 2.05) is 0 Å². The monoisotopic (exact) mass is 447 g/mol. The van der Waals surface area contributed by atoms with Crippen LogP contribution in [0.1, 0.15) is 5.76 Å². The van der Waals surface area contributed by atoms with Crippen molar-refractivity contribution in [3.63, 3.8) is 0 Å². The Labute approximate surface area is 196 Å². The van der Waals surface area contributed by atoms with Crippen LogP contribution in [0.4, 0.5) is 4.79 Å². The molecule has 3 heterocycles. The molecule has 3 rings (SSSR count). The van der Waals surface area contributed by atoms with E-state index in [4.69, 9.17) is 10.2 Å². The first-order valence-corrected chi connectivity index (χ1v) is 9.18. The maximum Gasteiger partial charge on any atom is 1.00 e. The van der Waals surface area contributed by atoms with Crippen molar-refractivity contribution in [2.45, 2.75) is 11.4 Å². The molecule has 0 aliphatic carbocycles. The van der Waals surface area contributed by atoms with Gasteiger partial charge in [-0.1, -0.05) is 5.16 Å². The molecule has 0 bridgehead atoms. The Hall–Kier alpha value is -2.48. The molecule has 4 N–H and O–H groups in total. The summed E-state index contributed by atoms with van der Waals surface area (Å²) >= 11 is 1.21. The topological polar surface area (TPSA) is 174 Å². The molecule has 1 aromatic rings. The number of nitrogens with zero attached hydrogens (tertiary/aromatic N) is 2. The summed E-state index contributed by atoms with van der Waals surface area (Å²) in [7, 11) is 1.25. The fourth-order valence-corrected chi connectivity index (χ4v) is 4.19. The van der Waals surface area contributed by atoms with E-state index >= 15 is 0 Å². The van der Waals surface area contributed by atoms with Gasteiger partial charge < -0.3 is 30.1 Å². The Kier molecular flexibility index (Phi) is 7.95. The second-order valence-corrected chi connectivity index (χ2v) is 6.93. The van der Waals surface area contributed by atoms with E-state index in [-0.39, 0.29) is 64.7 Å². The largest absolute Gasteiger partial charge is 1.00 e. The van der Waals surface area contributed by atoms with Crippen molar-refractivity contribution in [3.8, 4) is 0 Å². The van der Waals surface area contributed by atoms with Crippen LogP contribution in [-0.4, -0.2) is 70.5 Å². The summed E-state index contributed by atoms with van der Waals surface area (Å²) in [5, 5.41) is 15.0. The molecule has 154 valence electrons. The average Bonchev–Trinajstić information content (AvgIpc) is 3.21. The number of carbonyl (C=O) groups is 4. The average molecular weight is 447 g/mol. The minimum atomic E-state index is -1.35. The molecule has 1 saturated heterocycles. The number of nitrogens with one attached hydrogen (secondary N) is 1. The number of β-lactam (4-membered cyclic amide) rings is 1. The van der Waals surface area contributed by atoms with Crippen LogP contribution >= 0.6 is 11.8 Å². The summed E-state index contributed by atoms with van der Waals surface area (Å²) in [4.78, 5) is 53.3. The van der Waals surface area contributed by atoms with Gasteiger partial charge in [-0.15, -0.1) is 11.8 Å². The van der Waals surface area contributed by atoms with Crippen LogP contribution in [0.3, 0.4) is 0 Å². The third kappa shape index (κ3) is 4.64. The zero-order valence-corrected chi connectivity index (χ0v) is 18.8. The standard InChI is InChI=1S/C16H16N4O8S.Na/c1-26-19-9(8-3-2-4-27-8)12(21)18-10-13(22)20-11(15(23)24)7(5-28-16(17)25)6-29-14(10)20;/h2-4,10,14H,5-6H2,1H3,(H2,17,25)(H,18,21)(H,23,24);/q;+1/b19-9-;. The van der Waals surface area contributed by atoms with Crippen molar-refractivity contribution in [1.82, 2.24) is 10.2 Å². The maximum atomic E-state index is 12.6. The first-order valence-electron chi connectivity index (χ1n) is 8.13. The molecule has 0 radical (unpaired) electrons. The number of hydrogen-bond donors (Lipinski definition) is 3. The van der Waals surface area contributed by atoms with Gasteiger partial charge in [0.2, 0.25) is 5.71 Å². The Bertz CT molecular complexity index is 916. The first-order chi connectivity index (χ1) is 13.8. The normalized spacial score (nSPS) is 20.5. The Morgan fingerprint density at radius 2 is 2.20 bits per heavy atom. The molecular formula is C16H16N4NaO8S+. The number of hydrogen-bond acceptors (Lipinski definition) is 9. The van der Waals surface area contributed by atoms with E-state index in [0.29, 0.717) is 0 Å². The van der Waals surface area contributed by atoms with E-state index in [2.05, 4.69) is 20.0 Å². The molecule has 12 nitrogen and oxygen atoms in total. The van der Waals surface area contributed by atoms with Gasteiger partial charge in [0.15, 0.2) is 5.76 Å². The van der Waals surface area contributed by atoms with Crippen LogP contribution in [0, 0.1) is 0 Å². The molecule has 0 aromatic carbocycles. The zero-order valence-electron chi connectivity index (χ0n) is 16.0. The zero-order chi connectivity index (χ0) is 21.1. The Morgan fingerprint density at radius 3 is 2.77 bits per heavy atom. The maximum absolute atomic E-state index is 12.6. The predicted molar refractivity (Wildman–Crippen MR) is 97.5 cm³/mol. The Morgan fingerprint density at radius 1 is 1.47 bits per heavy atom. The molecule has 2 aliphatic rings. The molecule has 3 amide bonds. The van der Waals surface area contributed by atoms with Crippen LogP contribution in [-0.2, 0) is 24.0 Å². The fourth-order valence-electron chi connectivity index (χ4n) is 2.87. The minimum Gasteiger partial charge on any atom is -0.477 e. The van der Waals surface area contributed by atoms with E-state index in [1.54, 1.807) is 6.07 Å². The number of rotatable bonds is 7. The number of furan rings is 1. The molecular weight excluding hydrogens is 431 g/mol. The van der Waals surface area contributed by atoms with Crippen LogP contribution in [0.2, 0.25) is 0 Å². The molecule has 2 atom stereocenters. The van der Waals surface area contributed by atoms with Crippen LogP contribution in [0.15, 0.2) is 39.2 Å². The van der Waals surface area contributed by atoms with Gasteiger partial charge in [0.25, 0.3) is 11.8 Å². The van der Waals surface area contributed by atoms with Crippen LogP contribution in [0.25, 0.3) is 0 Å². The summed E-state index contributed by atoms with van der Waals surface area (Å²) in [6.07, 6.45) is 0.290. The Balaban J connectivity index is 0.00000320. The van der Waals surface area contributed by atoms with Crippen molar-refractivity contribution in [1.29, 1.82) is 0 Å². The van der Waals surface area contributed by atoms with Crippen molar-refractivity contribution in [3.05, 3.63) is 35.4 Å². The summed E-state index contributed by atoms with van der Waals surface area (Å²) < 4.78 is 9.79. The molecule has 14 heteroatoms. The van der Waals surface area contributed by atoms with Crippen LogP contribution < -0.4 is 40.6 Å². The third-order valence-corrected chi connectivity index (χ3v) is 5.42. The molecule has 2 aliphatic heterocycles. The smallest absolute Gasteiger partial charge is 0.477 e. The number of primary amides is 1. The number of thioether (sulfide) groups is 1. The number of oxime groups is 1. The van der Waals surface area contributed by atoms with Crippen molar-refractivity contribution in [2.24, 2.45) is 10.9 Å². The van der Waals surface area contributed by atoms with Gasteiger partial charge in [-0.2, -0.15) is 0 Å². The van der Waals surface area contributed by atoms with Crippen molar-refractivity contribution >= 4 is 41.4 Å². The summed E-state index contributed by atoms with van der Waals surface area (Å²) in [5.41, 5.74) is 4.68. The van der Waals surface area contributed by atoms with E-state index in [9.17, 15) is 24.3 Å². The molecule has 1 fully saturated rings. The summed E-state index contributed by atoms with van der Waals surface area (Å²) in [6.45, 7) is -0.347. The van der Waals surface area contributed by atoms with Gasteiger partial charge in [-0.25, -0.2) is 9.59 Å². The number of carboxylic acid groups (broad SMARTS) is 1. The summed E-state index contributed by atoms with van der Waals surface area (Å²) in [6, 6.07) is 2.08. The number of nitrogens with two attached hydrogens (primary N) is 1. The van der Waals surface area contributed by atoms with Crippen molar-refractivity contribution in [2.75, 3.05) is 19.5 Å². The third-order valence-electron chi connectivity index (χ3n) is 4.08. The molecule has 2 unspecified atom stereocenters.